The first-order chi connectivity index (χ1) is 8.84. The molecule has 1 amide bonds. The molecular weight excluding hydrogens is 230 g/mol. The van der Waals surface area contributed by atoms with Crippen LogP contribution in [0.25, 0.3) is 0 Å². The third-order valence-corrected chi connectivity index (χ3v) is 3.38. The minimum Gasteiger partial charge on any atom is -0.391 e. The van der Waals surface area contributed by atoms with Gasteiger partial charge in [0.05, 0.1) is 0 Å². The lowest BCUT2D eigenvalue weighted by molar-refractivity contribution is 0.143. The molecule has 0 bridgehead atoms. The van der Waals surface area contributed by atoms with Crippen molar-refractivity contribution in [3.63, 3.8) is 0 Å². The van der Waals surface area contributed by atoms with Gasteiger partial charge in [0.2, 0.25) is 5.88 Å². The van der Waals surface area contributed by atoms with Gasteiger partial charge in [0.15, 0.2) is 0 Å². The van der Waals surface area contributed by atoms with Crippen molar-refractivity contribution in [3.05, 3.63) is 23.9 Å². The van der Waals surface area contributed by atoms with Crippen LogP contribution in [0.3, 0.4) is 0 Å². The van der Waals surface area contributed by atoms with Crippen LogP contribution in [-0.2, 0) is 0 Å². The highest BCUT2D eigenvalue weighted by atomic mass is 16.6. The molecule has 5 heteroatoms. The first kappa shape index (κ1) is 11.5. The first-order valence-electron chi connectivity index (χ1n) is 6.47. The Morgan fingerprint density at radius 3 is 2.89 bits per heavy atom. The second-order valence-electron chi connectivity index (χ2n) is 4.78. The quantitative estimate of drug-likeness (QED) is 0.857. The molecule has 3 rings (SSSR count). The molecule has 1 saturated carbocycles. The van der Waals surface area contributed by atoms with Gasteiger partial charge in [-0.3, -0.25) is 0 Å². The summed E-state index contributed by atoms with van der Waals surface area (Å²) in [4.78, 5) is 17.9. The summed E-state index contributed by atoms with van der Waals surface area (Å²) >= 11 is 0. The average Bonchev–Trinajstić information content (AvgIpc) is 3.25. The fraction of sp³-hybridized carbons (Fsp3) is 0.538. The van der Waals surface area contributed by atoms with E-state index in [-0.39, 0.29) is 6.09 Å². The highest BCUT2D eigenvalue weighted by Crippen LogP contribution is 2.43. The summed E-state index contributed by atoms with van der Waals surface area (Å²) in [5.74, 6) is 1.02. The largest absolute Gasteiger partial charge is 0.416 e. The lowest BCUT2D eigenvalue weighted by atomic mass is 10.2. The summed E-state index contributed by atoms with van der Waals surface area (Å²) in [6.07, 6.45) is 3.73. The van der Waals surface area contributed by atoms with Gasteiger partial charge >= 0.3 is 6.09 Å². The highest BCUT2D eigenvalue weighted by Gasteiger charge is 2.29. The Bertz CT molecular complexity index is 440. The Kier molecular flexibility index (Phi) is 3.15. The lowest BCUT2D eigenvalue weighted by Gasteiger charge is -2.26. The van der Waals surface area contributed by atoms with E-state index in [1.165, 1.54) is 12.8 Å². The van der Waals surface area contributed by atoms with Gasteiger partial charge in [0, 0.05) is 37.9 Å². The van der Waals surface area contributed by atoms with Crippen molar-refractivity contribution in [1.82, 2.24) is 15.2 Å². The molecule has 2 heterocycles. The van der Waals surface area contributed by atoms with Crippen LogP contribution in [0, 0.1) is 0 Å². The molecule has 96 valence electrons. The van der Waals surface area contributed by atoms with Gasteiger partial charge in [-0.15, -0.1) is 0 Å². The Morgan fingerprint density at radius 1 is 1.39 bits per heavy atom. The fourth-order valence-corrected chi connectivity index (χ4v) is 2.19. The van der Waals surface area contributed by atoms with Crippen molar-refractivity contribution in [3.8, 4) is 5.88 Å². The van der Waals surface area contributed by atoms with E-state index >= 15 is 0 Å². The summed E-state index contributed by atoms with van der Waals surface area (Å²) in [6, 6.07) is 3.90. The lowest BCUT2D eigenvalue weighted by Crippen LogP contribution is -2.47. The van der Waals surface area contributed by atoms with Crippen LogP contribution in [0.15, 0.2) is 18.3 Å². The van der Waals surface area contributed by atoms with Gasteiger partial charge in [-0.25, -0.2) is 9.78 Å². The van der Waals surface area contributed by atoms with Gasteiger partial charge in [-0.05, 0) is 24.8 Å². The van der Waals surface area contributed by atoms with Gasteiger partial charge in [0.1, 0.15) is 0 Å². The number of piperazine rings is 1. The maximum absolute atomic E-state index is 12.0. The molecule has 1 aliphatic heterocycles. The number of hydrogen-bond donors (Lipinski definition) is 1. The van der Waals surface area contributed by atoms with E-state index < -0.39 is 0 Å². The number of ether oxygens (including phenoxy) is 1. The molecular formula is C13H17N3O2. The zero-order chi connectivity index (χ0) is 12.4. The third kappa shape index (κ3) is 2.46. The number of amides is 1. The Hall–Kier alpha value is -1.62. The SMILES string of the molecule is O=C(Oc1ncccc1C1CC1)N1CCNCC1. The molecule has 1 saturated heterocycles. The zero-order valence-electron chi connectivity index (χ0n) is 10.3. The van der Waals surface area contributed by atoms with Crippen LogP contribution in [0.4, 0.5) is 4.79 Å². The van der Waals surface area contributed by atoms with Crippen LogP contribution < -0.4 is 10.1 Å². The minimum atomic E-state index is -0.280. The van der Waals surface area contributed by atoms with Gasteiger partial charge < -0.3 is 15.0 Å². The van der Waals surface area contributed by atoms with Crippen LogP contribution >= 0.6 is 0 Å². The molecule has 2 fully saturated rings. The van der Waals surface area contributed by atoms with Crippen molar-refractivity contribution in [2.45, 2.75) is 18.8 Å². The van der Waals surface area contributed by atoms with Gasteiger partial charge in [0.25, 0.3) is 0 Å². The number of pyridine rings is 1. The summed E-state index contributed by atoms with van der Waals surface area (Å²) < 4.78 is 5.43. The molecule has 1 aromatic rings. The van der Waals surface area contributed by atoms with Crippen molar-refractivity contribution >= 4 is 6.09 Å². The highest BCUT2D eigenvalue weighted by molar-refractivity contribution is 5.70. The topological polar surface area (TPSA) is 54.5 Å². The molecule has 1 aromatic heterocycles. The molecule has 0 aromatic carbocycles. The van der Waals surface area contributed by atoms with Gasteiger partial charge in [-0.1, -0.05) is 6.07 Å². The van der Waals surface area contributed by atoms with Crippen molar-refractivity contribution in [1.29, 1.82) is 0 Å². The average molecular weight is 247 g/mol. The molecule has 2 aliphatic rings. The van der Waals surface area contributed by atoms with Crippen molar-refractivity contribution in [2.24, 2.45) is 0 Å². The van der Waals surface area contributed by atoms with E-state index in [0.29, 0.717) is 24.9 Å². The van der Waals surface area contributed by atoms with E-state index in [0.717, 1.165) is 18.7 Å². The second-order valence-corrected chi connectivity index (χ2v) is 4.78. The van der Waals surface area contributed by atoms with E-state index in [4.69, 9.17) is 4.74 Å². The number of rotatable bonds is 2. The standard InChI is InChI=1S/C13H17N3O2/c17-13(16-8-6-14-7-9-16)18-12-11(10-3-4-10)2-1-5-15-12/h1-2,5,10,14H,3-4,6-9H2. The second kappa shape index (κ2) is 4.94. The monoisotopic (exact) mass is 247 g/mol. The predicted molar refractivity (Wildman–Crippen MR) is 66.7 cm³/mol. The molecule has 18 heavy (non-hydrogen) atoms. The van der Waals surface area contributed by atoms with E-state index in [2.05, 4.69) is 10.3 Å². The molecule has 0 spiro atoms. The van der Waals surface area contributed by atoms with E-state index in [1.807, 2.05) is 12.1 Å². The van der Waals surface area contributed by atoms with E-state index in [1.54, 1.807) is 11.1 Å². The van der Waals surface area contributed by atoms with Crippen molar-refractivity contribution in [2.75, 3.05) is 26.2 Å². The number of carbonyl (C=O) groups excluding carboxylic acids is 1. The maximum Gasteiger partial charge on any atom is 0.416 e. The fourth-order valence-electron chi connectivity index (χ4n) is 2.19. The number of nitrogens with zero attached hydrogens (tertiary/aromatic N) is 2. The molecule has 1 N–H and O–H groups in total. The molecule has 0 radical (unpaired) electrons. The normalized spacial score (nSPS) is 19.7. The summed E-state index contributed by atoms with van der Waals surface area (Å²) in [7, 11) is 0. The molecule has 5 nitrogen and oxygen atoms in total. The summed E-state index contributed by atoms with van der Waals surface area (Å²) in [5, 5.41) is 3.21. The first-order valence-corrected chi connectivity index (χ1v) is 6.47. The van der Waals surface area contributed by atoms with Crippen LogP contribution in [0.5, 0.6) is 5.88 Å². The maximum atomic E-state index is 12.0. The Morgan fingerprint density at radius 2 is 2.17 bits per heavy atom. The number of nitrogens with one attached hydrogen (secondary N) is 1. The summed E-state index contributed by atoms with van der Waals surface area (Å²) in [6.45, 7) is 3.05. The number of hydrogen-bond acceptors (Lipinski definition) is 4. The van der Waals surface area contributed by atoms with E-state index in [9.17, 15) is 4.79 Å². The van der Waals surface area contributed by atoms with Crippen LogP contribution in [-0.4, -0.2) is 42.2 Å². The molecule has 0 atom stereocenters. The Balaban J connectivity index is 1.69. The summed E-state index contributed by atoms with van der Waals surface area (Å²) in [5.41, 5.74) is 1.07. The molecule has 0 unspecified atom stereocenters. The van der Waals surface area contributed by atoms with Gasteiger partial charge in [-0.2, -0.15) is 0 Å². The smallest absolute Gasteiger partial charge is 0.391 e. The predicted octanol–water partition coefficient (Wildman–Crippen LogP) is 1.36. The van der Waals surface area contributed by atoms with Crippen LogP contribution in [0.1, 0.15) is 24.3 Å². The zero-order valence-corrected chi connectivity index (χ0v) is 10.3. The minimum absolute atomic E-state index is 0.280. The number of aromatic nitrogens is 1. The van der Waals surface area contributed by atoms with Crippen LogP contribution in [0.2, 0.25) is 0 Å². The molecule has 1 aliphatic carbocycles. The number of carbonyl (C=O) groups is 1. The van der Waals surface area contributed by atoms with Crippen molar-refractivity contribution < 1.29 is 9.53 Å². The third-order valence-electron chi connectivity index (χ3n) is 3.38. The Labute approximate surface area is 106 Å².